The third-order valence-corrected chi connectivity index (χ3v) is 4.74. The number of carbonyl (C=O) groups is 1. The van der Waals surface area contributed by atoms with Gasteiger partial charge in [0.2, 0.25) is 0 Å². The van der Waals surface area contributed by atoms with E-state index in [1.807, 2.05) is 6.92 Å². The van der Waals surface area contributed by atoms with Crippen LogP contribution in [0.4, 0.5) is 0 Å². The zero-order chi connectivity index (χ0) is 23.3. The van der Waals surface area contributed by atoms with Gasteiger partial charge in [-0.2, -0.15) is 0 Å². The molecule has 0 fully saturated rings. The van der Waals surface area contributed by atoms with Gasteiger partial charge in [0.15, 0.2) is 0 Å². The van der Waals surface area contributed by atoms with E-state index < -0.39 is 6.10 Å². The molecule has 1 heterocycles. The summed E-state index contributed by atoms with van der Waals surface area (Å²) in [5.74, 6) is 0.766. The van der Waals surface area contributed by atoms with Gasteiger partial charge < -0.3 is 19.9 Å². The molecule has 0 radical (unpaired) electrons. The fraction of sp³-hybridized carbons (Fsp3) is 0.292. The Hall–Kier alpha value is -3.49. The maximum atomic E-state index is 13.2. The highest BCUT2D eigenvalue weighted by atomic mass is 16.5. The number of hydrogen-bond donors (Lipinski definition) is 2. The van der Waals surface area contributed by atoms with Crippen LogP contribution in [0.25, 0.3) is 16.6 Å². The Bertz CT molecular complexity index is 1180. The first-order valence-corrected chi connectivity index (χ1v) is 10.2. The van der Waals surface area contributed by atoms with E-state index in [0.29, 0.717) is 40.3 Å². The average Bonchev–Trinajstić information content (AvgIpc) is 2.77. The summed E-state index contributed by atoms with van der Waals surface area (Å²) in [7, 11) is 1.48. The second kappa shape index (κ2) is 10.2. The van der Waals surface area contributed by atoms with Crippen LogP contribution in [-0.4, -0.2) is 53.5 Å². The topological polar surface area (TPSA) is 103 Å². The van der Waals surface area contributed by atoms with Crippen molar-refractivity contribution < 1.29 is 19.4 Å². The number of fused-ring (bicyclic) bond motifs is 1. The summed E-state index contributed by atoms with van der Waals surface area (Å²) in [4.78, 5) is 30.1. The van der Waals surface area contributed by atoms with Crippen molar-refractivity contribution in [2.45, 2.75) is 20.0 Å². The van der Waals surface area contributed by atoms with Crippen molar-refractivity contribution in [3.05, 3.63) is 76.4 Å². The van der Waals surface area contributed by atoms with E-state index in [0.717, 1.165) is 5.57 Å². The van der Waals surface area contributed by atoms with E-state index in [1.165, 1.54) is 11.7 Å². The van der Waals surface area contributed by atoms with Crippen LogP contribution in [0.15, 0.2) is 59.4 Å². The first kappa shape index (κ1) is 23.2. The van der Waals surface area contributed by atoms with Gasteiger partial charge in [0.25, 0.3) is 11.5 Å². The van der Waals surface area contributed by atoms with Crippen molar-refractivity contribution in [3.63, 3.8) is 0 Å². The molecule has 1 amide bonds. The lowest BCUT2D eigenvalue weighted by Crippen LogP contribution is -2.34. The minimum Gasteiger partial charge on any atom is -0.489 e. The number of methoxy groups -OCH3 is 1. The molecule has 0 spiro atoms. The number of benzene rings is 2. The van der Waals surface area contributed by atoms with Crippen LogP contribution in [0.1, 0.15) is 23.1 Å². The SMILES string of the molecule is C=C(C)COc1ccc2nc(C)n(-c3ccc(C(=O)NC[C@H](O)COC)cc3)c(=O)c2c1. The van der Waals surface area contributed by atoms with E-state index >= 15 is 0 Å². The zero-order valence-electron chi connectivity index (χ0n) is 18.4. The van der Waals surface area contributed by atoms with E-state index in [4.69, 9.17) is 9.47 Å². The summed E-state index contributed by atoms with van der Waals surface area (Å²) in [5, 5.41) is 12.7. The fourth-order valence-corrected chi connectivity index (χ4v) is 3.20. The van der Waals surface area contributed by atoms with Gasteiger partial charge in [-0.3, -0.25) is 14.2 Å². The number of nitrogens with zero attached hydrogens (tertiary/aromatic N) is 2. The van der Waals surface area contributed by atoms with Crippen LogP contribution in [0.2, 0.25) is 0 Å². The number of hydrogen-bond acceptors (Lipinski definition) is 6. The number of nitrogens with one attached hydrogen (secondary N) is 1. The van der Waals surface area contributed by atoms with Crippen molar-refractivity contribution in [3.8, 4) is 11.4 Å². The van der Waals surface area contributed by atoms with Crippen LogP contribution in [-0.2, 0) is 4.74 Å². The van der Waals surface area contributed by atoms with Gasteiger partial charge in [0, 0.05) is 19.2 Å². The minimum absolute atomic E-state index is 0.0807. The summed E-state index contributed by atoms with van der Waals surface area (Å²) >= 11 is 0. The number of rotatable bonds is 9. The van der Waals surface area contributed by atoms with Gasteiger partial charge in [0.1, 0.15) is 18.2 Å². The van der Waals surface area contributed by atoms with Crippen LogP contribution in [0.5, 0.6) is 5.75 Å². The first-order valence-electron chi connectivity index (χ1n) is 10.2. The number of aliphatic hydroxyl groups is 1. The fourth-order valence-electron chi connectivity index (χ4n) is 3.20. The molecular weight excluding hydrogens is 410 g/mol. The second-order valence-corrected chi connectivity index (χ2v) is 7.59. The molecule has 2 N–H and O–H groups in total. The Balaban J connectivity index is 1.87. The third-order valence-electron chi connectivity index (χ3n) is 4.74. The summed E-state index contributed by atoms with van der Waals surface area (Å²) < 4.78 is 12.0. The second-order valence-electron chi connectivity index (χ2n) is 7.59. The molecular formula is C24H27N3O5. The maximum absolute atomic E-state index is 13.2. The van der Waals surface area contributed by atoms with E-state index in [1.54, 1.807) is 49.4 Å². The van der Waals surface area contributed by atoms with Gasteiger partial charge in [-0.1, -0.05) is 6.58 Å². The molecule has 168 valence electrons. The Morgan fingerprint density at radius 1 is 1.25 bits per heavy atom. The molecule has 0 aliphatic heterocycles. The molecule has 8 heteroatoms. The molecule has 0 bridgehead atoms. The number of aromatic nitrogens is 2. The Kier molecular flexibility index (Phi) is 7.40. The van der Waals surface area contributed by atoms with Crippen molar-refractivity contribution >= 4 is 16.8 Å². The normalized spacial score (nSPS) is 11.9. The van der Waals surface area contributed by atoms with E-state index in [9.17, 15) is 14.7 Å². The predicted octanol–water partition coefficient (Wildman–Crippen LogP) is 2.39. The van der Waals surface area contributed by atoms with Crippen LogP contribution in [0.3, 0.4) is 0 Å². The van der Waals surface area contributed by atoms with Crippen LogP contribution in [0, 0.1) is 6.92 Å². The van der Waals surface area contributed by atoms with E-state index in [-0.39, 0.29) is 24.6 Å². The van der Waals surface area contributed by atoms with Crippen molar-refractivity contribution in [1.82, 2.24) is 14.9 Å². The highest BCUT2D eigenvalue weighted by molar-refractivity contribution is 5.94. The van der Waals surface area contributed by atoms with Crippen LogP contribution < -0.4 is 15.6 Å². The zero-order valence-corrected chi connectivity index (χ0v) is 18.4. The molecule has 1 aromatic heterocycles. The Morgan fingerprint density at radius 2 is 1.97 bits per heavy atom. The Labute approximate surface area is 186 Å². The third kappa shape index (κ3) is 5.40. The van der Waals surface area contributed by atoms with Gasteiger partial charge >= 0.3 is 0 Å². The van der Waals surface area contributed by atoms with Gasteiger partial charge in [0.05, 0.1) is 29.3 Å². The number of carbonyl (C=O) groups excluding carboxylic acids is 1. The Morgan fingerprint density at radius 3 is 2.62 bits per heavy atom. The van der Waals surface area contributed by atoms with Crippen LogP contribution >= 0.6 is 0 Å². The molecule has 3 aromatic rings. The summed E-state index contributed by atoms with van der Waals surface area (Å²) in [5.41, 5.74) is 2.23. The number of amides is 1. The lowest BCUT2D eigenvalue weighted by molar-refractivity contribution is 0.0610. The molecule has 8 nitrogen and oxygen atoms in total. The van der Waals surface area contributed by atoms with E-state index in [2.05, 4.69) is 16.9 Å². The molecule has 0 unspecified atom stereocenters. The molecule has 0 aliphatic rings. The average molecular weight is 437 g/mol. The molecule has 0 saturated heterocycles. The monoisotopic (exact) mass is 437 g/mol. The molecule has 1 atom stereocenters. The quantitative estimate of drug-likeness (QED) is 0.499. The van der Waals surface area contributed by atoms with Gasteiger partial charge in [-0.15, -0.1) is 0 Å². The lowest BCUT2D eigenvalue weighted by Gasteiger charge is -2.13. The maximum Gasteiger partial charge on any atom is 0.266 e. The number of aliphatic hydroxyl groups excluding tert-OH is 1. The summed E-state index contributed by atoms with van der Waals surface area (Å²) in [6.45, 7) is 8.02. The highest BCUT2D eigenvalue weighted by Gasteiger charge is 2.13. The first-order chi connectivity index (χ1) is 15.3. The predicted molar refractivity (Wildman–Crippen MR) is 123 cm³/mol. The molecule has 32 heavy (non-hydrogen) atoms. The van der Waals surface area contributed by atoms with Gasteiger partial charge in [-0.05, 0) is 61.9 Å². The summed E-state index contributed by atoms with van der Waals surface area (Å²) in [6, 6.07) is 11.8. The van der Waals surface area contributed by atoms with Gasteiger partial charge in [-0.25, -0.2) is 4.98 Å². The minimum atomic E-state index is -0.780. The van der Waals surface area contributed by atoms with Crippen molar-refractivity contribution in [1.29, 1.82) is 0 Å². The molecule has 2 aromatic carbocycles. The smallest absolute Gasteiger partial charge is 0.266 e. The number of ether oxygens (including phenoxy) is 2. The standard InChI is InChI=1S/C24H27N3O5/c1-15(2)13-32-20-9-10-22-21(11-20)24(30)27(16(3)26-22)18-7-5-17(6-8-18)23(29)25-12-19(28)14-31-4/h5-11,19,28H,1,12-14H2,2-4H3,(H,25,29)/t19-/m0/s1. The molecule has 0 aliphatic carbocycles. The largest absolute Gasteiger partial charge is 0.489 e. The number of aryl methyl sites for hydroxylation is 1. The lowest BCUT2D eigenvalue weighted by atomic mass is 10.1. The molecule has 3 rings (SSSR count). The van der Waals surface area contributed by atoms with Crippen molar-refractivity contribution in [2.24, 2.45) is 0 Å². The molecule has 0 saturated carbocycles. The highest BCUT2D eigenvalue weighted by Crippen LogP contribution is 2.19. The summed E-state index contributed by atoms with van der Waals surface area (Å²) in [6.07, 6.45) is -0.780. The van der Waals surface area contributed by atoms with Crippen molar-refractivity contribution in [2.75, 3.05) is 26.9 Å².